The summed E-state index contributed by atoms with van der Waals surface area (Å²) in [6.07, 6.45) is 2.05. The molecule has 1 atom stereocenters. The molecule has 7 nitrogen and oxygen atoms in total. The van der Waals surface area contributed by atoms with E-state index in [1.807, 2.05) is 6.92 Å². The predicted octanol–water partition coefficient (Wildman–Crippen LogP) is 0.265. The number of aromatic amines is 1. The maximum atomic E-state index is 11.2. The van der Waals surface area contributed by atoms with Crippen molar-refractivity contribution in [3.8, 4) is 0 Å². The molecule has 0 aliphatic rings. The lowest BCUT2D eigenvalue weighted by atomic mass is 10.0. The van der Waals surface area contributed by atoms with Crippen LogP contribution < -0.4 is 16.6 Å². The number of hydrogen-bond donors (Lipinski definition) is 4. The average molecular weight is 240 g/mol. The van der Waals surface area contributed by atoms with Crippen molar-refractivity contribution >= 4 is 17.5 Å². The molecule has 0 spiro atoms. The van der Waals surface area contributed by atoms with E-state index in [1.165, 1.54) is 6.33 Å². The minimum Gasteiger partial charge on any atom is -0.481 e. The molecule has 17 heavy (non-hydrogen) atoms. The minimum atomic E-state index is -0.842. The molecule has 0 aliphatic heterocycles. The highest BCUT2D eigenvalue weighted by atomic mass is 16.4. The molecule has 94 valence electrons. The Kier molecular flexibility index (Phi) is 4.50. The highest BCUT2D eigenvalue weighted by Gasteiger charge is 2.12. The summed E-state index contributed by atoms with van der Waals surface area (Å²) in [7, 11) is 0. The third-order valence-corrected chi connectivity index (χ3v) is 2.49. The smallest absolute Gasteiger partial charge is 0.303 e. The second kappa shape index (κ2) is 5.88. The summed E-state index contributed by atoms with van der Waals surface area (Å²) in [6.45, 7) is 2.33. The number of carboxylic acids is 1. The molecule has 0 aliphatic carbocycles. The number of nitrogen functional groups attached to an aromatic ring is 1. The SMILES string of the molecule is CCC(CNc1nc[nH]c(=O)c1N)CC(=O)O. The summed E-state index contributed by atoms with van der Waals surface area (Å²) in [5.41, 5.74) is 5.13. The summed E-state index contributed by atoms with van der Waals surface area (Å²) in [5, 5.41) is 11.6. The van der Waals surface area contributed by atoms with Gasteiger partial charge in [-0.25, -0.2) is 4.98 Å². The fourth-order valence-corrected chi connectivity index (χ4v) is 1.40. The number of H-pyrrole nitrogens is 1. The van der Waals surface area contributed by atoms with Gasteiger partial charge in [-0.15, -0.1) is 0 Å². The highest BCUT2D eigenvalue weighted by Crippen LogP contribution is 2.12. The molecule has 0 bridgehead atoms. The van der Waals surface area contributed by atoms with Gasteiger partial charge in [0, 0.05) is 13.0 Å². The molecule has 0 saturated heterocycles. The van der Waals surface area contributed by atoms with Crippen molar-refractivity contribution in [1.29, 1.82) is 0 Å². The summed E-state index contributed by atoms with van der Waals surface area (Å²) in [6, 6.07) is 0. The van der Waals surface area contributed by atoms with Crippen LogP contribution in [-0.4, -0.2) is 27.6 Å². The Balaban J connectivity index is 2.63. The van der Waals surface area contributed by atoms with Gasteiger partial charge < -0.3 is 21.1 Å². The number of aromatic nitrogens is 2. The molecule has 0 aromatic carbocycles. The third-order valence-electron chi connectivity index (χ3n) is 2.49. The summed E-state index contributed by atoms with van der Waals surface area (Å²) in [4.78, 5) is 28.0. The Morgan fingerprint density at radius 2 is 2.41 bits per heavy atom. The van der Waals surface area contributed by atoms with Crippen molar-refractivity contribution in [1.82, 2.24) is 9.97 Å². The number of rotatable bonds is 6. The Morgan fingerprint density at radius 3 is 3.00 bits per heavy atom. The van der Waals surface area contributed by atoms with Crippen LogP contribution in [-0.2, 0) is 4.79 Å². The van der Waals surface area contributed by atoms with E-state index in [9.17, 15) is 9.59 Å². The lowest BCUT2D eigenvalue weighted by Crippen LogP contribution is -2.21. The Morgan fingerprint density at radius 1 is 1.71 bits per heavy atom. The number of nitrogens with two attached hydrogens (primary N) is 1. The highest BCUT2D eigenvalue weighted by molar-refractivity contribution is 5.67. The summed E-state index contributed by atoms with van der Waals surface area (Å²) in [5.74, 6) is -0.573. The fraction of sp³-hybridized carbons (Fsp3) is 0.500. The van der Waals surface area contributed by atoms with E-state index in [0.29, 0.717) is 6.54 Å². The van der Waals surface area contributed by atoms with Crippen molar-refractivity contribution in [2.24, 2.45) is 5.92 Å². The molecule has 5 N–H and O–H groups in total. The Labute approximate surface area is 98.1 Å². The summed E-state index contributed by atoms with van der Waals surface area (Å²) < 4.78 is 0. The number of carbonyl (C=O) groups is 1. The van der Waals surface area contributed by atoms with Crippen LogP contribution in [0.3, 0.4) is 0 Å². The first kappa shape index (κ1) is 13.0. The number of carboxylic acid groups (broad SMARTS) is 1. The zero-order valence-electron chi connectivity index (χ0n) is 9.56. The van der Waals surface area contributed by atoms with Crippen LogP contribution in [0.25, 0.3) is 0 Å². The molecule has 1 unspecified atom stereocenters. The molecule has 0 amide bonds. The van der Waals surface area contributed by atoms with E-state index < -0.39 is 11.5 Å². The molecule has 0 saturated carbocycles. The molecule has 1 aromatic rings. The van der Waals surface area contributed by atoms with Gasteiger partial charge in [-0.3, -0.25) is 9.59 Å². The van der Waals surface area contributed by atoms with Crippen molar-refractivity contribution in [2.75, 3.05) is 17.6 Å². The van der Waals surface area contributed by atoms with E-state index >= 15 is 0 Å². The number of aliphatic carboxylic acids is 1. The first-order chi connectivity index (χ1) is 8.04. The lowest BCUT2D eigenvalue weighted by Gasteiger charge is -2.14. The average Bonchev–Trinajstić information content (AvgIpc) is 2.28. The normalized spacial score (nSPS) is 12.1. The molecule has 1 aromatic heterocycles. The first-order valence-corrected chi connectivity index (χ1v) is 5.33. The number of hydrogen-bond acceptors (Lipinski definition) is 5. The number of nitrogens with zero attached hydrogens (tertiary/aromatic N) is 1. The third kappa shape index (κ3) is 3.78. The topological polar surface area (TPSA) is 121 Å². The molecule has 1 heterocycles. The fourth-order valence-electron chi connectivity index (χ4n) is 1.40. The van der Waals surface area contributed by atoms with E-state index in [0.717, 1.165) is 6.42 Å². The van der Waals surface area contributed by atoms with Gasteiger partial charge >= 0.3 is 5.97 Å². The lowest BCUT2D eigenvalue weighted by molar-refractivity contribution is -0.138. The van der Waals surface area contributed by atoms with Crippen LogP contribution in [0.15, 0.2) is 11.1 Å². The van der Waals surface area contributed by atoms with Crippen LogP contribution in [0.2, 0.25) is 0 Å². The summed E-state index contributed by atoms with van der Waals surface area (Å²) >= 11 is 0. The molecule has 0 radical (unpaired) electrons. The van der Waals surface area contributed by atoms with Crippen LogP contribution in [0.5, 0.6) is 0 Å². The standard InChI is InChI=1S/C10H16N4O3/c1-2-6(3-7(15)16)4-12-9-8(11)10(17)14-5-13-9/h5-6H,2-4,11H2,1H3,(H,15,16)(H2,12,13,14,17). The van der Waals surface area contributed by atoms with Gasteiger partial charge in [-0.2, -0.15) is 0 Å². The Hall–Kier alpha value is -2.05. The van der Waals surface area contributed by atoms with Gasteiger partial charge in [0.25, 0.3) is 5.56 Å². The zero-order valence-corrected chi connectivity index (χ0v) is 9.56. The van der Waals surface area contributed by atoms with Gasteiger partial charge in [0.05, 0.1) is 6.33 Å². The van der Waals surface area contributed by atoms with Crippen molar-refractivity contribution in [2.45, 2.75) is 19.8 Å². The maximum Gasteiger partial charge on any atom is 0.303 e. The molecular weight excluding hydrogens is 224 g/mol. The quantitative estimate of drug-likeness (QED) is 0.566. The zero-order chi connectivity index (χ0) is 12.8. The van der Waals surface area contributed by atoms with Gasteiger partial charge in [0.15, 0.2) is 5.82 Å². The van der Waals surface area contributed by atoms with Crippen LogP contribution in [0, 0.1) is 5.92 Å². The van der Waals surface area contributed by atoms with E-state index in [1.54, 1.807) is 0 Å². The van der Waals surface area contributed by atoms with Gasteiger partial charge in [-0.1, -0.05) is 13.3 Å². The van der Waals surface area contributed by atoms with E-state index in [2.05, 4.69) is 15.3 Å². The molecular formula is C10H16N4O3. The van der Waals surface area contributed by atoms with Crippen LogP contribution in [0.4, 0.5) is 11.5 Å². The largest absolute Gasteiger partial charge is 0.481 e. The maximum absolute atomic E-state index is 11.2. The molecule has 0 fully saturated rings. The van der Waals surface area contributed by atoms with Crippen molar-refractivity contribution in [3.05, 3.63) is 16.7 Å². The monoisotopic (exact) mass is 240 g/mol. The van der Waals surface area contributed by atoms with Crippen molar-refractivity contribution < 1.29 is 9.90 Å². The second-order valence-corrected chi connectivity index (χ2v) is 3.75. The van der Waals surface area contributed by atoms with E-state index in [-0.39, 0.29) is 23.8 Å². The van der Waals surface area contributed by atoms with Crippen LogP contribution >= 0.6 is 0 Å². The number of anilines is 2. The Bertz CT molecular complexity index is 443. The second-order valence-electron chi connectivity index (χ2n) is 3.75. The van der Waals surface area contributed by atoms with Gasteiger partial charge in [0.2, 0.25) is 0 Å². The van der Waals surface area contributed by atoms with Crippen LogP contribution in [0.1, 0.15) is 19.8 Å². The van der Waals surface area contributed by atoms with Crippen molar-refractivity contribution in [3.63, 3.8) is 0 Å². The molecule has 1 rings (SSSR count). The molecule has 7 heteroatoms. The first-order valence-electron chi connectivity index (χ1n) is 5.33. The minimum absolute atomic E-state index is 0.0117. The predicted molar refractivity (Wildman–Crippen MR) is 63.8 cm³/mol. The van der Waals surface area contributed by atoms with E-state index in [4.69, 9.17) is 10.8 Å². The van der Waals surface area contributed by atoms with Gasteiger partial charge in [-0.05, 0) is 5.92 Å². The van der Waals surface area contributed by atoms with Gasteiger partial charge in [0.1, 0.15) is 5.69 Å². The number of nitrogens with one attached hydrogen (secondary N) is 2.